The highest BCUT2D eigenvalue weighted by Crippen LogP contribution is 2.13. The second-order valence-corrected chi connectivity index (χ2v) is 4.13. The maximum absolute atomic E-state index is 11.9. The maximum atomic E-state index is 11.9. The molecule has 1 aromatic rings. The lowest BCUT2D eigenvalue weighted by Crippen LogP contribution is -2.12. The molecule has 0 N–H and O–H groups in total. The van der Waals surface area contributed by atoms with Crippen LogP contribution in [0.2, 0.25) is 0 Å². The first kappa shape index (κ1) is 12.0. The Morgan fingerprint density at radius 1 is 1.53 bits per heavy atom. The molecule has 1 rings (SSSR count). The van der Waals surface area contributed by atoms with Crippen molar-refractivity contribution in [2.24, 2.45) is 5.92 Å². The van der Waals surface area contributed by atoms with E-state index in [1.54, 1.807) is 4.68 Å². The van der Waals surface area contributed by atoms with E-state index >= 15 is 0 Å². The third-order valence-corrected chi connectivity index (χ3v) is 2.72. The summed E-state index contributed by atoms with van der Waals surface area (Å²) >= 11 is 0. The van der Waals surface area contributed by atoms with Gasteiger partial charge < -0.3 is 0 Å². The van der Waals surface area contributed by atoms with Crippen LogP contribution in [-0.4, -0.2) is 15.6 Å². The highest BCUT2D eigenvalue weighted by Gasteiger charge is 2.15. The Labute approximate surface area is 91.5 Å². The quantitative estimate of drug-likeness (QED) is 0.697. The molecule has 0 saturated carbocycles. The van der Waals surface area contributed by atoms with Crippen molar-refractivity contribution >= 4 is 5.78 Å². The molecular weight excluding hydrogens is 188 g/mol. The molecule has 0 spiro atoms. The first-order valence-corrected chi connectivity index (χ1v) is 5.66. The fourth-order valence-corrected chi connectivity index (χ4v) is 1.58. The minimum Gasteiger partial charge on any atom is -0.292 e. The standard InChI is InChI=1S/C12H20N2O/c1-5-9(3)7-12(15)11-8-10(4)13-14(11)6-2/h8-9H,5-7H2,1-4H3. The van der Waals surface area contributed by atoms with Crippen molar-refractivity contribution < 1.29 is 4.79 Å². The van der Waals surface area contributed by atoms with Crippen LogP contribution in [0.1, 0.15) is 49.8 Å². The van der Waals surface area contributed by atoms with E-state index in [-0.39, 0.29) is 5.78 Å². The number of hydrogen-bond donors (Lipinski definition) is 0. The van der Waals surface area contributed by atoms with Crippen LogP contribution in [0.3, 0.4) is 0 Å². The van der Waals surface area contributed by atoms with E-state index in [2.05, 4.69) is 18.9 Å². The van der Waals surface area contributed by atoms with Crippen LogP contribution in [0.15, 0.2) is 6.07 Å². The Bertz CT molecular complexity index is 341. The lowest BCUT2D eigenvalue weighted by molar-refractivity contribution is 0.0953. The number of aromatic nitrogens is 2. The molecule has 0 fully saturated rings. The van der Waals surface area contributed by atoms with Crippen LogP contribution in [-0.2, 0) is 6.54 Å². The van der Waals surface area contributed by atoms with Gasteiger partial charge in [-0.2, -0.15) is 5.10 Å². The van der Waals surface area contributed by atoms with E-state index in [0.29, 0.717) is 12.3 Å². The zero-order chi connectivity index (χ0) is 11.4. The van der Waals surface area contributed by atoms with Crippen LogP contribution < -0.4 is 0 Å². The summed E-state index contributed by atoms with van der Waals surface area (Å²) in [6.45, 7) is 8.91. The van der Waals surface area contributed by atoms with Gasteiger partial charge in [-0.3, -0.25) is 9.48 Å². The fraction of sp³-hybridized carbons (Fsp3) is 0.667. The minimum absolute atomic E-state index is 0.215. The average Bonchev–Trinajstić information content (AvgIpc) is 2.59. The Balaban J connectivity index is 2.81. The van der Waals surface area contributed by atoms with E-state index in [0.717, 1.165) is 24.4 Å². The number of aryl methyl sites for hydroxylation is 2. The minimum atomic E-state index is 0.215. The third kappa shape index (κ3) is 2.91. The molecule has 0 bridgehead atoms. The Morgan fingerprint density at radius 2 is 2.20 bits per heavy atom. The van der Waals surface area contributed by atoms with Gasteiger partial charge in [0.1, 0.15) is 5.69 Å². The van der Waals surface area contributed by atoms with Gasteiger partial charge in [0.05, 0.1) is 5.69 Å². The van der Waals surface area contributed by atoms with Crippen molar-refractivity contribution in [2.45, 2.75) is 47.1 Å². The normalized spacial score (nSPS) is 12.8. The van der Waals surface area contributed by atoms with Crippen molar-refractivity contribution in [3.63, 3.8) is 0 Å². The number of nitrogens with zero attached hydrogens (tertiary/aromatic N) is 2. The van der Waals surface area contributed by atoms with Gasteiger partial charge in [-0.05, 0) is 25.8 Å². The van der Waals surface area contributed by atoms with Crippen molar-refractivity contribution in [3.8, 4) is 0 Å². The molecule has 84 valence electrons. The average molecular weight is 208 g/mol. The Kier molecular flexibility index (Phi) is 4.06. The number of ketones is 1. The molecule has 15 heavy (non-hydrogen) atoms. The van der Waals surface area contributed by atoms with Gasteiger partial charge in [-0.25, -0.2) is 0 Å². The molecule has 0 aliphatic carbocycles. The van der Waals surface area contributed by atoms with Crippen LogP contribution in [0.5, 0.6) is 0 Å². The highest BCUT2D eigenvalue weighted by atomic mass is 16.1. The van der Waals surface area contributed by atoms with Crippen LogP contribution in [0.4, 0.5) is 0 Å². The van der Waals surface area contributed by atoms with Crippen LogP contribution >= 0.6 is 0 Å². The van der Waals surface area contributed by atoms with E-state index in [9.17, 15) is 4.79 Å². The molecule has 0 aromatic carbocycles. The summed E-state index contributed by atoms with van der Waals surface area (Å²) in [7, 11) is 0. The van der Waals surface area contributed by atoms with Crippen molar-refractivity contribution in [2.75, 3.05) is 0 Å². The van der Waals surface area contributed by atoms with Gasteiger partial charge in [0.15, 0.2) is 5.78 Å². The number of carbonyl (C=O) groups is 1. The van der Waals surface area contributed by atoms with Gasteiger partial charge in [-0.15, -0.1) is 0 Å². The van der Waals surface area contributed by atoms with Crippen molar-refractivity contribution in [1.82, 2.24) is 9.78 Å². The topological polar surface area (TPSA) is 34.9 Å². The predicted molar refractivity (Wildman–Crippen MR) is 61.0 cm³/mol. The molecular formula is C12H20N2O. The largest absolute Gasteiger partial charge is 0.292 e. The molecule has 0 radical (unpaired) electrons. The number of rotatable bonds is 5. The highest BCUT2D eigenvalue weighted by molar-refractivity contribution is 5.94. The molecule has 3 heteroatoms. The molecule has 1 aromatic heterocycles. The van der Waals surface area contributed by atoms with E-state index in [4.69, 9.17) is 0 Å². The smallest absolute Gasteiger partial charge is 0.181 e. The van der Waals surface area contributed by atoms with Crippen molar-refractivity contribution in [1.29, 1.82) is 0 Å². The molecule has 0 amide bonds. The van der Waals surface area contributed by atoms with Crippen LogP contribution in [0.25, 0.3) is 0 Å². The Hall–Kier alpha value is -1.12. The van der Waals surface area contributed by atoms with Gasteiger partial charge in [-0.1, -0.05) is 20.3 Å². The van der Waals surface area contributed by atoms with Gasteiger partial charge >= 0.3 is 0 Å². The zero-order valence-electron chi connectivity index (χ0n) is 10.1. The monoisotopic (exact) mass is 208 g/mol. The second kappa shape index (κ2) is 5.10. The summed E-state index contributed by atoms with van der Waals surface area (Å²) in [6.07, 6.45) is 1.67. The lowest BCUT2D eigenvalue weighted by Gasteiger charge is -2.07. The maximum Gasteiger partial charge on any atom is 0.181 e. The number of Topliss-reactive ketones (excluding diaryl/α,β-unsaturated/α-hetero) is 1. The predicted octanol–water partition coefficient (Wildman–Crippen LogP) is 2.83. The van der Waals surface area contributed by atoms with Gasteiger partial charge in [0.25, 0.3) is 0 Å². The molecule has 1 unspecified atom stereocenters. The number of hydrogen-bond acceptors (Lipinski definition) is 2. The second-order valence-electron chi connectivity index (χ2n) is 4.13. The summed E-state index contributed by atoms with van der Waals surface area (Å²) < 4.78 is 1.79. The summed E-state index contributed by atoms with van der Waals surface area (Å²) in [5.74, 6) is 0.671. The zero-order valence-corrected chi connectivity index (χ0v) is 10.1. The number of carbonyl (C=O) groups excluding carboxylic acids is 1. The molecule has 0 aliphatic rings. The lowest BCUT2D eigenvalue weighted by atomic mass is 10.0. The first-order chi connectivity index (χ1) is 7.08. The van der Waals surface area contributed by atoms with Gasteiger partial charge in [0.2, 0.25) is 0 Å². The fourth-order valence-electron chi connectivity index (χ4n) is 1.58. The van der Waals surface area contributed by atoms with Crippen molar-refractivity contribution in [3.05, 3.63) is 17.5 Å². The summed E-state index contributed by atoms with van der Waals surface area (Å²) in [5.41, 5.74) is 1.68. The summed E-state index contributed by atoms with van der Waals surface area (Å²) in [5, 5.41) is 4.28. The molecule has 0 aliphatic heterocycles. The van der Waals surface area contributed by atoms with E-state index in [1.165, 1.54) is 0 Å². The van der Waals surface area contributed by atoms with Gasteiger partial charge in [0, 0.05) is 13.0 Å². The summed E-state index contributed by atoms with van der Waals surface area (Å²) in [6, 6.07) is 1.88. The summed E-state index contributed by atoms with van der Waals surface area (Å²) in [4.78, 5) is 11.9. The molecule has 0 saturated heterocycles. The molecule has 3 nitrogen and oxygen atoms in total. The molecule has 1 atom stereocenters. The van der Waals surface area contributed by atoms with E-state index in [1.807, 2.05) is 19.9 Å². The van der Waals surface area contributed by atoms with E-state index < -0.39 is 0 Å². The SMILES string of the molecule is CCC(C)CC(=O)c1cc(C)nn1CC. The first-order valence-electron chi connectivity index (χ1n) is 5.66. The molecule has 1 heterocycles. The Morgan fingerprint density at radius 3 is 2.73 bits per heavy atom. The van der Waals surface area contributed by atoms with Crippen LogP contribution in [0, 0.1) is 12.8 Å². The third-order valence-electron chi connectivity index (χ3n) is 2.72.